The Kier molecular flexibility index (Phi) is 4.03. The molecule has 1 amide bonds. The summed E-state index contributed by atoms with van der Waals surface area (Å²) in [6.07, 6.45) is 7.96. The molecule has 1 unspecified atom stereocenters. The predicted molar refractivity (Wildman–Crippen MR) is 85.0 cm³/mol. The number of hydrogen-bond acceptors (Lipinski definition) is 2. The molecule has 3 nitrogen and oxygen atoms in total. The fraction of sp³-hybridized carbons (Fsp3) is 0.611. The lowest BCUT2D eigenvalue weighted by Crippen LogP contribution is -2.50. The first-order valence-corrected chi connectivity index (χ1v) is 8.27. The van der Waals surface area contributed by atoms with Crippen molar-refractivity contribution in [3.05, 3.63) is 34.9 Å². The molecule has 2 aliphatic rings. The van der Waals surface area contributed by atoms with Crippen molar-refractivity contribution in [2.75, 3.05) is 6.54 Å². The SMILES string of the molecule is CC(NC(=O)C1(CN)CCC1)c1ccc2c(c1)CCCC2. The van der Waals surface area contributed by atoms with Gasteiger partial charge in [0, 0.05) is 6.54 Å². The van der Waals surface area contributed by atoms with Crippen molar-refractivity contribution in [3.8, 4) is 0 Å². The highest BCUT2D eigenvalue weighted by Crippen LogP contribution is 2.40. The van der Waals surface area contributed by atoms with Crippen molar-refractivity contribution < 1.29 is 4.79 Å². The molecule has 0 aromatic heterocycles. The van der Waals surface area contributed by atoms with Crippen LogP contribution in [0.15, 0.2) is 18.2 Å². The normalized spacial score (nSPS) is 21.0. The largest absolute Gasteiger partial charge is 0.349 e. The molecular weight excluding hydrogens is 260 g/mol. The Balaban J connectivity index is 1.70. The second kappa shape index (κ2) is 5.80. The van der Waals surface area contributed by atoms with Gasteiger partial charge in [0.1, 0.15) is 0 Å². The summed E-state index contributed by atoms with van der Waals surface area (Å²) >= 11 is 0. The van der Waals surface area contributed by atoms with E-state index >= 15 is 0 Å². The molecule has 1 atom stereocenters. The fourth-order valence-electron chi connectivity index (χ4n) is 3.58. The summed E-state index contributed by atoms with van der Waals surface area (Å²) in [6, 6.07) is 6.77. The van der Waals surface area contributed by atoms with Crippen LogP contribution in [0.2, 0.25) is 0 Å². The van der Waals surface area contributed by atoms with E-state index in [2.05, 4.69) is 30.4 Å². The van der Waals surface area contributed by atoms with Gasteiger partial charge in [0.25, 0.3) is 0 Å². The quantitative estimate of drug-likeness (QED) is 0.894. The highest BCUT2D eigenvalue weighted by Gasteiger charge is 2.43. The van der Waals surface area contributed by atoms with Crippen LogP contribution in [0.1, 0.15) is 61.8 Å². The van der Waals surface area contributed by atoms with Crippen molar-refractivity contribution in [3.63, 3.8) is 0 Å². The van der Waals surface area contributed by atoms with Crippen LogP contribution in [0.5, 0.6) is 0 Å². The number of aryl methyl sites for hydroxylation is 2. The molecular formula is C18H26N2O. The van der Waals surface area contributed by atoms with E-state index in [0.717, 1.165) is 19.3 Å². The van der Waals surface area contributed by atoms with E-state index in [0.29, 0.717) is 6.54 Å². The van der Waals surface area contributed by atoms with Crippen LogP contribution in [-0.2, 0) is 17.6 Å². The van der Waals surface area contributed by atoms with Crippen molar-refractivity contribution in [1.82, 2.24) is 5.32 Å². The molecule has 3 heteroatoms. The van der Waals surface area contributed by atoms with E-state index in [-0.39, 0.29) is 17.4 Å². The van der Waals surface area contributed by atoms with E-state index in [9.17, 15) is 4.79 Å². The molecule has 0 bridgehead atoms. The zero-order valence-corrected chi connectivity index (χ0v) is 13.0. The molecule has 1 aromatic carbocycles. The van der Waals surface area contributed by atoms with Crippen LogP contribution in [0.3, 0.4) is 0 Å². The average Bonchev–Trinajstić information content (AvgIpc) is 2.46. The molecule has 1 saturated carbocycles. The van der Waals surface area contributed by atoms with Crippen LogP contribution in [-0.4, -0.2) is 12.5 Å². The Morgan fingerprint density at radius 3 is 2.57 bits per heavy atom. The van der Waals surface area contributed by atoms with Gasteiger partial charge >= 0.3 is 0 Å². The number of nitrogens with one attached hydrogen (secondary N) is 1. The third-order valence-corrected chi connectivity index (χ3v) is 5.40. The summed E-state index contributed by atoms with van der Waals surface area (Å²) in [4.78, 5) is 12.5. The Hall–Kier alpha value is -1.35. The number of benzene rings is 1. The molecule has 3 rings (SSSR count). The number of carbonyl (C=O) groups excluding carboxylic acids is 1. The molecule has 0 radical (unpaired) electrons. The summed E-state index contributed by atoms with van der Waals surface area (Å²) in [6.45, 7) is 2.54. The molecule has 2 aliphatic carbocycles. The molecule has 1 fully saturated rings. The van der Waals surface area contributed by atoms with Crippen LogP contribution < -0.4 is 11.1 Å². The van der Waals surface area contributed by atoms with E-state index in [4.69, 9.17) is 5.73 Å². The molecule has 114 valence electrons. The number of hydrogen-bond donors (Lipinski definition) is 2. The van der Waals surface area contributed by atoms with Crippen molar-refractivity contribution in [2.45, 2.75) is 57.9 Å². The van der Waals surface area contributed by atoms with Gasteiger partial charge in [-0.05, 0) is 62.1 Å². The van der Waals surface area contributed by atoms with Crippen molar-refractivity contribution in [2.24, 2.45) is 11.1 Å². The average molecular weight is 286 g/mol. The molecule has 21 heavy (non-hydrogen) atoms. The van der Waals surface area contributed by atoms with Gasteiger partial charge in [-0.2, -0.15) is 0 Å². The number of rotatable bonds is 4. The van der Waals surface area contributed by atoms with Gasteiger partial charge in [0.2, 0.25) is 5.91 Å². The Morgan fingerprint density at radius 2 is 1.95 bits per heavy atom. The molecule has 0 aliphatic heterocycles. The van der Waals surface area contributed by atoms with Crippen LogP contribution in [0, 0.1) is 5.41 Å². The summed E-state index contributed by atoms with van der Waals surface area (Å²) < 4.78 is 0. The highest BCUT2D eigenvalue weighted by atomic mass is 16.2. The van der Waals surface area contributed by atoms with Gasteiger partial charge in [-0.1, -0.05) is 24.6 Å². The van der Waals surface area contributed by atoms with Crippen LogP contribution >= 0.6 is 0 Å². The molecule has 0 spiro atoms. The smallest absolute Gasteiger partial charge is 0.227 e. The number of carbonyl (C=O) groups is 1. The third kappa shape index (κ3) is 2.71. The van der Waals surface area contributed by atoms with Gasteiger partial charge in [0.15, 0.2) is 0 Å². The van der Waals surface area contributed by atoms with Gasteiger partial charge in [-0.25, -0.2) is 0 Å². The van der Waals surface area contributed by atoms with E-state index in [1.165, 1.54) is 42.4 Å². The monoisotopic (exact) mass is 286 g/mol. The van der Waals surface area contributed by atoms with E-state index in [1.54, 1.807) is 0 Å². The Morgan fingerprint density at radius 1 is 1.24 bits per heavy atom. The van der Waals surface area contributed by atoms with Crippen molar-refractivity contribution in [1.29, 1.82) is 0 Å². The summed E-state index contributed by atoms with van der Waals surface area (Å²) in [5.41, 5.74) is 9.70. The maximum atomic E-state index is 12.5. The van der Waals surface area contributed by atoms with Gasteiger partial charge < -0.3 is 11.1 Å². The minimum Gasteiger partial charge on any atom is -0.349 e. The van der Waals surface area contributed by atoms with Crippen molar-refractivity contribution >= 4 is 5.91 Å². The summed E-state index contributed by atoms with van der Waals surface area (Å²) in [5, 5.41) is 3.18. The van der Waals surface area contributed by atoms with Gasteiger partial charge in [0.05, 0.1) is 11.5 Å². The number of nitrogens with two attached hydrogens (primary N) is 1. The molecule has 3 N–H and O–H groups in total. The maximum Gasteiger partial charge on any atom is 0.227 e. The first-order chi connectivity index (χ1) is 10.1. The lowest BCUT2D eigenvalue weighted by Gasteiger charge is -2.40. The zero-order valence-electron chi connectivity index (χ0n) is 13.0. The highest BCUT2D eigenvalue weighted by molar-refractivity contribution is 5.84. The predicted octanol–water partition coefficient (Wildman–Crippen LogP) is 2.87. The second-order valence-corrected chi connectivity index (χ2v) is 6.77. The molecule has 1 aromatic rings. The first-order valence-electron chi connectivity index (χ1n) is 8.27. The minimum atomic E-state index is -0.289. The first kappa shape index (κ1) is 14.6. The maximum absolute atomic E-state index is 12.5. The van der Waals surface area contributed by atoms with Crippen LogP contribution in [0.4, 0.5) is 0 Å². The Bertz CT molecular complexity index is 529. The molecule has 0 saturated heterocycles. The zero-order chi connectivity index (χ0) is 14.9. The minimum absolute atomic E-state index is 0.0637. The third-order valence-electron chi connectivity index (χ3n) is 5.40. The standard InChI is InChI=1S/C18H26N2O/c1-13(20-17(21)18(12-19)9-4-10-18)15-8-7-14-5-2-3-6-16(14)11-15/h7-8,11,13H,2-6,9-10,12,19H2,1H3,(H,20,21). The van der Waals surface area contributed by atoms with E-state index in [1.807, 2.05) is 0 Å². The lowest BCUT2D eigenvalue weighted by atomic mass is 9.68. The van der Waals surface area contributed by atoms with E-state index < -0.39 is 0 Å². The summed E-state index contributed by atoms with van der Waals surface area (Å²) in [7, 11) is 0. The summed E-state index contributed by atoms with van der Waals surface area (Å²) in [5.74, 6) is 0.140. The molecule has 0 heterocycles. The van der Waals surface area contributed by atoms with Gasteiger partial charge in [-0.15, -0.1) is 0 Å². The lowest BCUT2D eigenvalue weighted by molar-refractivity contribution is -0.135. The Labute approximate surface area is 127 Å². The van der Waals surface area contributed by atoms with Crippen LogP contribution in [0.25, 0.3) is 0 Å². The fourth-order valence-corrected chi connectivity index (χ4v) is 3.58. The number of amides is 1. The van der Waals surface area contributed by atoms with Gasteiger partial charge in [-0.3, -0.25) is 4.79 Å². The second-order valence-electron chi connectivity index (χ2n) is 6.77. The number of fused-ring (bicyclic) bond motifs is 1. The topological polar surface area (TPSA) is 55.1 Å².